The van der Waals surface area contributed by atoms with Gasteiger partial charge in [-0.2, -0.15) is 10.2 Å². The molecular weight excluding hydrogens is 278 g/mol. The Bertz CT molecular complexity index is 634. The Hall–Kier alpha value is -1.82. The Kier molecular flexibility index (Phi) is 4.79. The molecule has 0 bridgehead atoms. The smallest absolute Gasteiger partial charge is 0.287 e. The highest BCUT2D eigenvalue weighted by Gasteiger charge is 2.08. The summed E-state index contributed by atoms with van der Waals surface area (Å²) >= 11 is 6.07. The summed E-state index contributed by atoms with van der Waals surface area (Å²) in [5, 5.41) is 11.5. The van der Waals surface area contributed by atoms with Gasteiger partial charge in [0.2, 0.25) is 0 Å². The van der Waals surface area contributed by atoms with E-state index in [-0.39, 0.29) is 10.6 Å². The molecule has 0 atom stereocenters. The molecule has 2 heterocycles. The molecule has 2 rings (SSSR count). The molecule has 0 unspecified atom stereocenters. The first-order valence-electron chi connectivity index (χ1n) is 6.58. The van der Waals surface area contributed by atoms with Crippen LogP contribution >= 0.6 is 11.6 Å². The summed E-state index contributed by atoms with van der Waals surface area (Å²) in [6, 6.07) is 0. The number of nitrogens with one attached hydrogen (secondary N) is 1. The van der Waals surface area contributed by atoms with Gasteiger partial charge in [0, 0.05) is 26.3 Å². The topological polar surface area (TPSA) is 64.7 Å². The van der Waals surface area contributed by atoms with Gasteiger partial charge in [-0.1, -0.05) is 18.5 Å². The van der Waals surface area contributed by atoms with Crippen LogP contribution in [0.1, 0.15) is 18.9 Å². The number of hydrogen-bond acceptors (Lipinski definition) is 4. The van der Waals surface area contributed by atoms with Gasteiger partial charge in [-0.3, -0.25) is 9.48 Å². The van der Waals surface area contributed by atoms with Gasteiger partial charge in [-0.25, -0.2) is 4.68 Å². The molecule has 2 aromatic rings. The lowest BCUT2D eigenvalue weighted by atomic mass is 10.2. The summed E-state index contributed by atoms with van der Waals surface area (Å²) in [6.45, 7) is 3.24. The van der Waals surface area contributed by atoms with E-state index in [1.165, 1.54) is 4.68 Å². The third-order valence-electron chi connectivity index (χ3n) is 2.91. The van der Waals surface area contributed by atoms with Crippen LogP contribution in [0.3, 0.4) is 0 Å². The predicted molar refractivity (Wildman–Crippen MR) is 79.2 cm³/mol. The van der Waals surface area contributed by atoms with E-state index in [0.29, 0.717) is 18.8 Å². The molecule has 20 heavy (non-hydrogen) atoms. The molecule has 0 aliphatic rings. The Balaban J connectivity index is 1.99. The summed E-state index contributed by atoms with van der Waals surface area (Å²) in [6.07, 6.45) is 7.03. The molecular formula is C13H18ClN5O. The fraction of sp³-hybridized carbons (Fsp3) is 0.462. The summed E-state index contributed by atoms with van der Waals surface area (Å²) < 4.78 is 3.14. The molecule has 0 fully saturated rings. The fourth-order valence-corrected chi connectivity index (χ4v) is 2.12. The van der Waals surface area contributed by atoms with Crippen LogP contribution in [0, 0.1) is 0 Å². The molecule has 0 radical (unpaired) electrons. The minimum Gasteiger partial charge on any atom is -0.382 e. The van der Waals surface area contributed by atoms with Crippen LogP contribution in [-0.2, 0) is 20.0 Å². The number of hydrogen-bond donors (Lipinski definition) is 1. The molecule has 2 aromatic heterocycles. The van der Waals surface area contributed by atoms with Crippen molar-refractivity contribution in [2.45, 2.75) is 26.3 Å². The Morgan fingerprint density at radius 2 is 2.15 bits per heavy atom. The highest BCUT2D eigenvalue weighted by atomic mass is 35.5. The van der Waals surface area contributed by atoms with Crippen LogP contribution in [-0.4, -0.2) is 26.1 Å². The van der Waals surface area contributed by atoms with Gasteiger partial charge in [0.1, 0.15) is 5.02 Å². The fourth-order valence-electron chi connectivity index (χ4n) is 1.90. The number of aromatic nitrogens is 4. The van der Waals surface area contributed by atoms with Crippen LogP contribution < -0.4 is 10.9 Å². The van der Waals surface area contributed by atoms with Gasteiger partial charge in [-0.15, -0.1) is 0 Å². The monoisotopic (exact) mass is 295 g/mol. The number of anilines is 1. The molecule has 7 heteroatoms. The molecule has 0 saturated carbocycles. The highest BCUT2D eigenvalue weighted by molar-refractivity contribution is 6.32. The maximum atomic E-state index is 11.9. The molecule has 6 nitrogen and oxygen atoms in total. The number of nitrogens with zero attached hydrogens (tertiary/aromatic N) is 4. The van der Waals surface area contributed by atoms with Crippen LogP contribution in [0.25, 0.3) is 0 Å². The van der Waals surface area contributed by atoms with Crippen LogP contribution in [0.15, 0.2) is 23.4 Å². The maximum Gasteiger partial charge on any atom is 0.287 e. The van der Waals surface area contributed by atoms with Crippen molar-refractivity contribution < 1.29 is 0 Å². The first-order valence-corrected chi connectivity index (χ1v) is 6.96. The lowest BCUT2D eigenvalue weighted by Crippen LogP contribution is -2.24. The maximum absolute atomic E-state index is 11.9. The summed E-state index contributed by atoms with van der Waals surface area (Å²) in [4.78, 5) is 11.9. The quantitative estimate of drug-likeness (QED) is 0.881. The minimum absolute atomic E-state index is 0.194. The van der Waals surface area contributed by atoms with Gasteiger partial charge in [0.15, 0.2) is 0 Å². The zero-order valence-corrected chi connectivity index (χ0v) is 12.4. The van der Waals surface area contributed by atoms with Gasteiger partial charge in [-0.05, 0) is 18.4 Å². The highest BCUT2D eigenvalue weighted by Crippen LogP contribution is 2.15. The lowest BCUT2D eigenvalue weighted by Gasteiger charge is -2.09. The van der Waals surface area contributed by atoms with Crippen molar-refractivity contribution in [3.63, 3.8) is 0 Å². The van der Waals surface area contributed by atoms with E-state index in [2.05, 4.69) is 15.5 Å². The van der Waals surface area contributed by atoms with Crippen molar-refractivity contribution in [1.29, 1.82) is 0 Å². The standard InChI is InChI=1S/C13H18ClN5O/c1-3-6-19-13(20)12(14)11(8-17-19)15-5-4-10-7-16-18(2)9-10/h7-9,15H,3-6H2,1-2H3. The molecule has 1 N–H and O–H groups in total. The van der Waals surface area contributed by atoms with E-state index in [1.54, 1.807) is 10.9 Å². The first-order chi connectivity index (χ1) is 9.61. The van der Waals surface area contributed by atoms with Gasteiger partial charge in [0.05, 0.1) is 18.1 Å². The van der Waals surface area contributed by atoms with E-state index in [1.807, 2.05) is 26.4 Å². The average Bonchev–Trinajstić information content (AvgIpc) is 2.84. The molecule has 0 aliphatic heterocycles. The lowest BCUT2D eigenvalue weighted by molar-refractivity contribution is 0.568. The second kappa shape index (κ2) is 6.56. The van der Waals surface area contributed by atoms with Gasteiger partial charge < -0.3 is 5.32 Å². The van der Waals surface area contributed by atoms with E-state index in [9.17, 15) is 4.79 Å². The van der Waals surface area contributed by atoms with Gasteiger partial charge >= 0.3 is 0 Å². The first kappa shape index (κ1) is 14.6. The molecule has 108 valence electrons. The predicted octanol–water partition coefficient (Wildman–Crippen LogP) is 1.69. The van der Waals surface area contributed by atoms with E-state index >= 15 is 0 Å². The molecule has 0 saturated heterocycles. The molecule has 0 amide bonds. The van der Waals surface area contributed by atoms with Crippen molar-refractivity contribution in [3.8, 4) is 0 Å². The van der Waals surface area contributed by atoms with Crippen molar-refractivity contribution in [2.24, 2.45) is 7.05 Å². The Labute approximate surface area is 122 Å². The van der Waals surface area contributed by atoms with Crippen LogP contribution in [0.4, 0.5) is 5.69 Å². The third kappa shape index (κ3) is 3.39. The zero-order valence-electron chi connectivity index (χ0n) is 11.6. The van der Waals surface area contributed by atoms with Gasteiger partial charge in [0.25, 0.3) is 5.56 Å². The number of halogens is 1. The van der Waals surface area contributed by atoms with E-state index in [0.717, 1.165) is 18.4 Å². The minimum atomic E-state index is -0.250. The largest absolute Gasteiger partial charge is 0.382 e. The zero-order chi connectivity index (χ0) is 14.5. The van der Waals surface area contributed by atoms with Crippen molar-refractivity contribution >= 4 is 17.3 Å². The molecule has 0 spiro atoms. The number of aryl methyl sites for hydroxylation is 2. The average molecular weight is 296 g/mol. The Morgan fingerprint density at radius 1 is 1.35 bits per heavy atom. The second-order valence-electron chi connectivity index (χ2n) is 4.60. The van der Waals surface area contributed by atoms with Crippen molar-refractivity contribution in [3.05, 3.63) is 39.5 Å². The molecule has 0 aromatic carbocycles. The van der Waals surface area contributed by atoms with Crippen LogP contribution in [0.2, 0.25) is 5.02 Å². The van der Waals surface area contributed by atoms with Crippen molar-refractivity contribution in [2.75, 3.05) is 11.9 Å². The summed E-state index contributed by atoms with van der Waals surface area (Å²) in [5.41, 5.74) is 1.45. The summed E-state index contributed by atoms with van der Waals surface area (Å²) in [7, 11) is 1.88. The SMILES string of the molecule is CCCn1ncc(NCCc2cnn(C)c2)c(Cl)c1=O. The second-order valence-corrected chi connectivity index (χ2v) is 4.98. The molecule has 0 aliphatic carbocycles. The summed E-state index contributed by atoms with van der Waals surface area (Å²) in [5.74, 6) is 0. The van der Waals surface area contributed by atoms with E-state index in [4.69, 9.17) is 11.6 Å². The van der Waals surface area contributed by atoms with E-state index < -0.39 is 0 Å². The third-order valence-corrected chi connectivity index (χ3v) is 3.27. The van der Waals surface area contributed by atoms with Crippen molar-refractivity contribution in [1.82, 2.24) is 19.6 Å². The van der Waals surface area contributed by atoms with Crippen LogP contribution in [0.5, 0.6) is 0 Å². The normalized spacial score (nSPS) is 10.8. The number of rotatable bonds is 6. The Morgan fingerprint density at radius 3 is 2.80 bits per heavy atom.